The first-order chi connectivity index (χ1) is 8.97. The molecule has 0 saturated heterocycles. The maximum atomic E-state index is 11.2. The third kappa shape index (κ3) is 3.03. The smallest absolute Gasteiger partial charge is 0.250 e. The SMILES string of the molecule is Cc1ccc(Nc2cc(C(N)=O)c(N)cn2)cc1Br. The van der Waals surface area contributed by atoms with E-state index in [9.17, 15) is 4.79 Å². The van der Waals surface area contributed by atoms with E-state index in [1.54, 1.807) is 0 Å². The van der Waals surface area contributed by atoms with Crippen molar-refractivity contribution in [1.29, 1.82) is 0 Å². The third-order valence-electron chi connectivity index (χ3n) is 2.64. The van der Waals surface area contributed by atoms with Crippen molar-refractivity contribution >= 4 is 39.0 Å². The van der Waals surface area contributed by atoms with Gasteiger partial charge in [0.25, 0.3) is 5.91 Å². The first-order valence-corrected chi connectivity index (χ1v) is 6.35. The molecule has 6 heteroatoms. The van der Waals surface area contributed by atoms with Gasteiger partial charge in [0.1, 0.15) is 5.82 Å². The van der Waals surface area contributed by atoms with Gasteiger partial charge in [0.15, 0.2) is 0 Å². The van der Waals surface area contributed by atoms with Crippen LogP contribution in [-0.2, 0) is 0 Å². The lowest BCUT2D eigenvalue weighted by Gasteiger charge is -2.09. The van der Waals surface area contributed by atoms with Gasteiger partial charge in [-0.3, -0.25) is 4.79 Å². The number of pyridine rings is 1. The predicted octanol–water partition coefficient (Wildman–Crippen LogP) is 2.58. The number of nitrogens with two attached hydrogens (primary N) is 2. The highest BCUT2D eigenvalue weighted by atomic mass is 79.9. The average Bonchev–Trinajstić information content (AvgIpc) is 2.36. The molecule has 1 aromatic carbocycles. The number of rotatable bonds is 3. The number of halogens is 1. The van der Waals surface area contributed by atoms with Gasteiger partial charge >= 0.3 is 0 Å². The maximum absolute atomic E-state index is 11.2. The summed E-state index contributed by atoms with van der Waals surface area (Å²) < 4.78 is 0.989. The van der Waals surface area contributed by atoms with Crippen LogP contribution < -0.4 is 16.8 Å². The fourth-order valence-electron chi connectivity index (χ4n) is 1.57. The van der Waals surface area contributed by atoms with E-state index in [2.05, 4.69) is 26.2 Å². The van der Waals surface area contributed by atoms with E-state index in [-0.39, 0.29) is 11.3 Å². The molecule has 0 aliphatic rings. The summed E-state index contributed by atoms with van der Waals surface area (Å²) in [5.74, 6) is -0.0632. The molecule has 0 spiro atoms. The van der Waals surface area contributed by atoms with Gasteiger partial charge in [-0.25, -0.2) is 4.98 Å². The van der Waals surface area contributed by atoms with Crippen LogP contribution in [0.1, 0.15) is 15.9 Å². The van der Waals surface area contributed by atoms with E-state index >= 15 is 0 Å². The number of hydrogen-bond donors (Lipinski definition) is 3. The van der Waals surface area contributed by atoms with Crippen LogP contribution >= 0.6 is 15.9 Å². The number of carbonyl (C=O) groups is 1. The van der Waals surface area contributed by atoms with Gasteiger partial charge < -0.3 is 16.8 Å². The standard InChI is InChI=1S/C13H13BrN4O/c1-7-2-3-8(4-10(7)14)18-12-5-9(13(16)19)11(15)6-17-12/h2-6H,15H2,1H3,(H2,16,19)(H,17,18). The number of aromatic nitrogens is 1. The van der Waals surface area contributed by atoms with Crippen LogP contribution in [0, 0.1) is 6.92 Å². The van der Waals surface area contributed by atoms with Crippen LogP contribution in [0.2, 0.25) is 0 Å². The summed E-state index contributed by atoms with van der Waals surface area (Å²) in [6.07, 6.45) is 1.41. The first kappa shape index (κ1) is 13.4. The Morgan fingerprint density at radius 1 is 1.37 bits per heavy atom. The van der Waals surface area contributed by atoms with E-state index in [1.165, 1.54) is 12.3 Å². The lowest BCUT2D eigenvalue weighted by molar-refractivity contribution is 0.100. The van der Waals surface area contributed by atoms with E-state index < -0.39 is 5.91 Å². The van der Waals surface area contributed by atoms with Gasteiger partial charge in [-0.1, -0.05) is 22.0 Å². The number of anilines is 3. The average molecular weight is 321 g/mol. The number of nitrogen functional groups attached to an aromatic ring is 1. The minimum absolute atomic E-state index is 0.253. The van der Waals surface area contributed by atoms with Crippen LogP contribution in [-0.4, -0.2) is 10.9 Å². The number of primary amides is 1. The molecule has 19 heavy (non-hydrogen) atoms. The molecule has 1 amide bonds. The Balaban J connectivity index is 2.30. The van der Waals surface area contributed by atoms with Crippen LogP contribution in [0.5, 0.6) is 0 Å². The zero-order valence-corrected chi connectivity index (χ0v) is 11.9. The van der Waals surface area contributed by atoms with Gasteiger partial charge in [-0.05, 0) is 30.7 Å². The molecule has 2 aromatic rings. The predicted molar refractivity (Wildman–Crippen MR) is 79.3 cm³/mol. The number of nitrogens with zero attached hydrogens (tertiary/aromatic N) is 1. The molecule has 1 aromatic heterocycles. The molecular formula is C13H13BrN4O. The van der Waals surface area contributed by atoms with Crippen molar-refractivity contribution in [3.8, 4) is 0 Å². The summed E-state index contributed by atoms with van der Waals surface area (Å²) in [5, 5.41) is 3.09. The Morgan fingerprint density at radius 2 is 2.11 bits per heavy atom. The molecule has 2 rings (SSSR count). The fourth-order valence-corrected chi connectivity index (χ4v) is 1.94. The molecular weight excluding hydrogens is 308 g/mol. The Morgan fingerprint density at radius 3 is 2.74 bits per heavy atom. The highest BCUT2D eigenvalue weighted by molar-refractivity contribution is 9.10. The minimum Gasteiger partial charge on any atom is -0.397 e. The molecule has 0 unspecified atom stereocenters. The number of carbonyl (C=O) groups excluding carboxylic acids is 1. The van der Waals surface area contributed by atoms with Crippen molar-refractivity contribution in [2.24, 2.45) is 5.73 Å². The van der Waals surface area contributed by atoms with Crippen LogP contribution in [0.25, 0.3) is 0 Å². The van der Waals surface area contributed by atoms with Gasteiger partial charge in [-0.2, -0.15) is 0 Å². The summed E-state index contributed by atoms with van der Waals surface area (Å²) in [6.45, 7) is 2.00. The van der Waals surface area contributed by atoms with E-state index in [4.69, 9.17) is 11.5 Å². The van der Waals surface area contributed by atoms with Gasteiger partial charge in [0, 0.05) is 10.2 Å². The summed E-state index contributed by atoms with van der Waals surface area (Å²) in [4.78, 5) is 15.3. The van der Waals surface area contributed by atoms with Crippen molar-refractivity contribution in [3.05, 3.63) is 46.1 Å². The largest absolute Gasteiger partial charge is 0.397 e. The molecule has 0 aliphatic carbocycles. The molecule has 1 heterocycles. The van der Waals surface area contributed by atoms with Gasteiger partial charge in [-0.15, -0.1) is 0 Å². The Kier molecular flexibility index (Phi) is 3.71. The highest BCUT2D eigenvalue weighted by Gasteiger charge is 2.08. The summed E-state index contributed by atoms with van der Waals surface area (Å²) >= 11 is 3.45. The summed E-state index contributed by atoms with van der Waals surface area (Å²) in [7, 11) is 0. The van der Waals surface area contributed by atoms with Crippen LogP contribution in [0.3, 0.4) is 0 Å². The molecule has 0 aliphatic heterocycles. The highest BCUT2D eigenvalue weighted by Crippen LogP contribution is 2.24. The lowest BCUT2D eigenvalue weighted by atomic mass is 10.2. The number of aryl methyl sites for hydroxylation is 1. The van der Waals surface area contributed by atoms with Crippen LogP contribution in [0.4, 0.5) is 17.2 Å². The van der Waals surface area contributed by atoms with Crippen molar-refractivity contribution in [1.82, 2.24) is 4.98 Å². The zero-order valence-electron chi connectivity index (χ0n) is 10.3. The first-order valence-electron chi connectivity index (χ1n) is 5.56. The summed E-state index contributed by atoms with van der Waals surface area (Å²) in [5.41, 5.74) is 13.4. The lowest BCUT2D eigenvalue weighted by Crippen LogP contribution is -2.14. The molecule has 0 radical (unpaired) electrons. The molecule has 0 atom stereocenters. The van der Waals surface area contributed by atoms with Crippen LogP contribution in [0.15, 0.2) is 34.9 Å². The molecule has 0 bridgehead atoms. The molecule has 98 valence electrons. The van der Waals surface area contributed by atoms with Gasteiger partial charge in [0.2, 0.25) is 0 Å². The van der Waals surface area contributed by atoms with Crippen molar-refractivity contribution < 1.29 is 4.79 Å². The second-order valence-electron chi connectivity index (χ2n) is 4.11. The van der Waals surface area contributed by atoms with E-state index in [0.717, 1.165) is 15.7 Å². The zero-order chi connectivity index (χ0) is 14.0. The van der Waals surface area contributed by atoms with Gasteiger partial charge in [0.05, 0.1) is 17.4 Å². The number of hydrogen-bond acceptors (Lipinski definition) is 4. The third-order valence-corrected chi connectivity index (χ3v) is 3.50. The molecule has 0 saturated carbocycles. The fraction of sp³-hybridized carbons (Fsp3) is 0.0769. The van der Waals surface area contributed by atoms with Crippen molar-refractivity contribution in [3.63, 3.8) is 0 Å². The molecule has 5 N–H and O–H groups in total. The number of nitrogens with one attached hydrogen (secondary N) is 1. The van der Waals surface area contributed by atoms with Crippen molar-refractivity contribution in [2.75, 3.05) is 11.1 Å². The Labute approximate surface area is 119 Å². The van der Waals surface area contributed by atoms with E-state index in [1.807, 2.05) is 25.1 Å². The van der Waals surface area contributed by atoms with Crippen molar-refractivity contribution in [2.45, 2.75) is 6.92 Å². The molecule has 5 nitrogen and oxygen atoms in total. The second-order valence-corrected chi connectivity index (χ2v) is 4.96. The summed E-state index contributed by atoms with van der Waals surface area (Å²) in [6, 6.07) is 7.35. The normalized spacial score (nSPS) is 10.2. The quantitative estimate of drug-likeness (QED) is 0.810. The Bertz CT molecular complexity index is 643. The number of benzene rings is 1. The monoisotopic (exact) mass is 320 g/mol. The minimum atomic E-state index is -0.576. The number of amides is 1. The van der Waals surface area contributed by atoms with E-state index in [0.29, 0.717) is 5.82 Å². The Hall–Kier alpha value is -2.08. The topological polar surface area (TPSA) is 94.0 Å². The second kappa shape index (κ2) is 5.27. The molecule has 0 fully saturated rings. The maximum Gasteiger partial charge on any atom is 0.250 e.